The first-order valence-electron chi connectivity index (χ1n) is 9.61. The molecule has 8 heteroatoms. The standard InChI is InChI=1S/C19H29N3O5/c1-18(2,3)26-17(24)20-11-19(9-10-19)16-21-14(27-22-16)12-5-7-13(8-6-12)15(23)25-4/h12-13H,5-11H2,1-4H3,(H,20,24). The molecular weight excluding hydrogens is 350 g/mol. The fraction of sp³-hybridized carbons (Fsp3) is 0.789. The van der Waals surface area contributed by atoms with Gasteiger partial charge < -0.3 is 19.3 Å². The third kappa shape index (κ3) is 4.78. The molecule has 2 saturated carbocycles. The number of carbonyl (C=O) groups excluding carboxylic acids is 2. The van der Waals surface area contributed by atoms with Crippen LogP contribution in [-0.4, -0.2) is 41.5 Å². The van der Waals surface area contributed by atoms with E-state index in [0.717, 1.165) is 38.5 Å². The molecule has 2 aliphatic rings. The maximum absolute atomic E-state index is 11.9. The predicted molar refractivity (Wildman–Crippen MR) is 96.2 cm³/mol. The van der Waals surface area contributed by atoms with Crippen molar-refractivity contribution in [3.8, 4) is 0 Å². The first-order chi connectivity index (χ1) is 12.7. The summed E-state index contributed by atoms with van der Waals surface area (Å²) in [6.45, 7) is 5.94. The number of methoxy groups -OCH3 is 1. The van der Waals surface area contributed by atoms with E-state index in [1.807, 2.05) is 20.8 Å². The van der Waals surface area contributed by atoms with Crippen molar-refractivity contribution in [1.82, 2.24) is 15.5 Å². The number of amides is 1. The molecule has 1 N–H and O–H groups in total. The Bertz CT molecular complexity index is 682. The van der Waals surface area contributed by atoms with Gasteiger partial charge in [-0.15, -0.1) is 0 Å². The number of rotatable bonds is 5. The summed E-state index contributed by atoms with van der Waals surface area (Å²) in [4.78, 5) is 28.2. The van der Waals surface area contributed by atoms with Gasteiger partial charge in [-0.1, -0.05) is 5.16 Å². The van der Waals surface area contributed by atoms with E-state index in [9.17, 15) is 9.59 Å². The van der Waals surface area contributed by atoms with Crippen molar-refractivity contribution in [2.24, 2.45) is 5.92 Å². The average Bonchev–Trinajstić information content (AvgIpc) is 3.25. The molecule has 1 aromatic rings. The van der Waals surface area contributed by atoms with Crippen molar-refractivity contribution < 1.29 is 23.6 Å². The van der Waals surface area contributed by atoms with Crippen molar-refractivity contribution in [3.05, 3.63) is 11.7 Å². The summed E-state index contributed by atoms with van der Waals surface area (Å²) in [5.41, 5.74) is -0.773. The van der Waals surface area contributed by atoms with E-state index < -0.39 is 11.7 Å². The molecule has 0 aromatic carbocycles. The molecule has 0 saturated heterocycles. The average molecular weight is 379 g/mol. The van der Waals surface area contributed by atoms with Gasteiger partial charge in [0.2, 0.25) is 5.89 Å². The molecule has 1 amide bonds. The Morgan fingerprint density at radius 1 is 1.22 bits per heavy atom. The molecular formula is C19H29N3O5. The lowest BCUT2D eigenvalue weighted by Gasteiger charge is -2.24. The van der Waals surface area contributed by atoms with Crippen LogP contribution in [0, 0.1) is 5.92 Å². The zero-order valence-corrected chi connectivity index (χ0v) is 16.5. The first-order valence-corrected chi connectivity index (χ1v) is 9.61. The largest absolute Gasteiger partial charge is 0.469 e. The monoisotopic (exact) mass is 379 g/mol. The van der Waals surface area contributed by atoms with Crippen LogP contribution in [0.1, 0.15) is 76.9 Å². The molecule has 2 aliphatic carbocycles. The zero-order chi connectivity index (χ0) is 19.7. The first kappa shape index (κ1) is 19.6. The highest BCUT2D eigenvalue weighted by Gasteiger charge is 2.49. The van der Waals surface area contributed by atoms with Crippen molar-refractivity contribution in [2.75, 3.05) is 13.7 Å². The second kappa shape index (κ2) is 7.48. The molecule has 0 unspecified atom stereocenters. The van der Waals surface area contributed by atoms with Crippen LogP contribution in [0.4, 0.5) is 4.79 Å². The Morgan fingerprint density at radius 3 is 2.44 bits per heavy atom. The van der Waals surface area contributed by atoms with Gasteiger partial charge in [0, 0.05) is 12.5 Å². The fourth-order valence-corrected chi connectivity index (χ4v) is 3.55. The predicted octanol–water partition coefficient (Wildman–Crippen LogP) is 3.07. The van der Waals surface area contributed by atoms with Crippen LogP contribution >= 0.6 is 0 Å². The molecule has 0 bridgehead atoms. The summed E-state index contributed by atoms with van der Waals surface area (Å²) in [6.07, 6.45) is 4.63. The second-order valence-electron chi connectivity index (χ2n) is 8.66. The van der Waals surface area contributed by atoms with Gasteiger partial charge in [-0.3, -0.25) is 4.79 Å². The SMILES string of the molecule is COC(=O)C1CCC(c2nc(C3(CNC(=O)OC(C)(C)C)CC3)no2)CC1. The van der Waals surface area contributed by atoms with Crippen LogP contribution in [0.2, 0.25) is 0 Å². The molecule has 1 aromatic heterocycles. The minimum atomic E-state index is -0.525. The minimum Gasteiger partial charge on any atom is -0.469 e. The summed E-state index contributed by atoms with van der Waals surface area (Å²) >= 11 is 0. The maximum atomic E-state index is 11.9. The zero-order valence-electron chi connectivity index (χ0n) is 16.5. The van der Waals surface area contributed by atoms with Crippen LogP contribution in [-0.2, 0) is 19.7 Å². The van der Waals surface area contributed by atoms with E-state index in [4.69, 9.17) is 14.0 Å². The second-order valence-corrected chi connectivity index (χ2v) is 8.66. The van der Waals surface area contributed by atoms with Crippen LogP contribution < -0.4 is 5.32 Å². The van der Waals surface area contributed by atoms with Crippen LogP contribution in [0.3, 0.4) is 0 Å². The third-order valence-corrected chi connectivity index (χ3v) is 5.35. The smallest absolute Gasteiger partial charge is 0.407 e. The molecule has 0 aliphatic heterocycles. The summed E-state index contributed by atoms with van der Waals surface area (Å²) in [5, 5.41) is 7.00. The highest BCUT2D eigenvalue weighted by molar-refractivity contribution is 5.72. The Hall–Kier alpha value is -2.12. The van der Waals surface area contributed by atoms with Gasteiger partial charge in [0.1, 0.15) is 5.60 Å². The molecule has 0 radical (unpaired) electrons. The van der Waals surface area contributed by atoms with Crippen molar-refractivity contribution in [1.29, 1.82) is 0 Å². The highest BCUT2D eigenvalue weighted by atomic mass is 16.6. The third-order valence-electron chi connectivity index (χ3n) is 5.35. The Kier molecular flexibility index (Phi) is 5.44. The molecule has 27 heavy (non-hydrogen) atoms. The molecule has 3 rings (SSSR count). The molecule has 0 spiro atoms. The van der Waals surface area contributed by atoms with E-state index in [1.54, 1.807) is 0 Å². The number of nitrogens with one attached hydrogen (secondary N) is 1. The quantitative estimate of drug-likeness (QED) is 0.784. The normalized spacial score (nSPS) is 24.1. The Labute approximate surface area is 159 Å². The maximum Gasteiger partial charge on any atom is 0.407 e. The summed E-state index contributed by atoms with van der Waals surface area (Å²) in [7, 11) is 1.43. The molecule has 2 fully saturated rings. The van der Waals surface area contributed by atoms with Crippen LogP contribution in [0.15, 0.2) is 4.52 Å². The number of hydrogen-bond donors (Lipinski definition) is 1. The van der Waals surface area contributed by atoms with Gasteiger partial charge in [-0.25, -0.2) is 4.79 Å². The van der Waals surface area contributed by atoms with E-state index in [1.165, 1.54) is 7.11 Å². The Morgan fingerprint density at radius 2 is 1.89 bits per heavy atom. The molecule has 0 atom stereocenters. The fourth-order valence-electron chi connectivity index (χ4n) is 3.55. The number of hydrogen-bond acceptors (Lipinski definition) is 7. The summed E-state index contributed by atoms with van der Waals surface area (Å²) < 4.78 is 15.6. The topological polar surface area (TPSA) is 104 Å². The van der Waals surface area contributed by atoms with Crippen molar-refractivity contribution >= 4 is 12.1 Å². The van der Waals surface area contributed by atoms with Gasteiger partial charge in [0.05, 0.1) is 18.4 Å². The number of nitrogens with zero attached hydrogens (tertiary/aromatic N) is 2. The van der Waals surface area contributed by atoms with Crippen molar-refractivity contribution in [2.45, 2.75) is 76.2 Å². The highest BCUT2D eigenvalue weighted by Crippen LogP contribution is 2.47. The van der Waals surface area contributed by atoms with Crippen molar-refractivity contribution in [3.63, 3.8) is 0 Å². The number of esters is 1. The van der Waals surface area contributed by atoms with E-state index in [-0.39, 0.29) is 23.2 Å². The van der Waals surface area contributed by atoms with Crippen LogP contribution in [0.25, 0.3) is 0 Å². The van der Waals surface area contributed by atoms with E-state index >= 15 is 0 Å². The van der Waals surface area contributed by atoms with Gasteiger partial charge in [-0.2, -0.15) is 4.98 Å². The Balaban J connectivity index is 1.55. The lowest BCUT2D eigenvalue weighted by atomic mass is 9.82. The van der Waals surface area contributed by atoms with E-state index in [0.29, 0.717) is 18.3 Å². The number of aromatic nitrogens is 2. The van der Waals surface area contributed by atoms with Crippen LogP contribution in [0.5, 0.6) is 0 Å². The molecule has 8 nitrogen and oxygen atoms in total. The summed E-state index contributed by atoms with van der Waals surface area (Å²) in [6, 6.07) is 0. The van der Waals surface area contributed by atoms with Gasteiger partial charge in [0.15, 0.2) is 5.82 Å². The number of ether oxygens (including phenoxy) is 2. The number of carbonyl (C=O) groups is 2. The van der Waals surface area contributed by atoms with E-state index in [2.05, 4.69) is 15.5 Å². The van der Waals surface area contributed by atoms with Gasteiger partial charge >= 0.3 is 12.1 Å². The molecule has 150 valence electrons. The lowest BCUT2D eigenvalue weighted by molar-refractivity contribution is -0.146. The summed E-state index contributed by atoms with van der Waals surface area (Å²) in [5.74, 6) is 1.31. The minimum absolute atomic E-state index is 0.0264. The number of alkyl carbamates (subject to hydrolysis) is 1. The van der Waals surface area contributed by atoms with Gasteiger partial charge in [0.25, 0.3) is 0 Å². The lowest BCUT2D eigenvalue weighted by Crippen LogP contribution is -2.37. The molecule has 1 heterocycles. The van der Waals surface area contributed by atoms with Gasteiger partial charge in [-0.05, 0) is 59.3 Å².